The summed E-state index contributed by atoms with van der Waals surface area (Å²) in [6.45, 7) is 2.05. The Morgan fingerprint density at radius 3 is 2.00 bits per heavy atom. The van der Waals surface area contributed by atoms with Gasteiger partial charge in [0.05, 0.1) is 23.3 Å². The topological polar surface area (TPSA) is 80.7 Å². The molecule has 1 aromatic heterocycles. The number of hydrogen-bond donors (Lipinski definition) is 3. The number of benzene rings is 3. The van der Waals surface area contributed by atoms with Gasteiger partial charge in [-0.3, -0.25) is 5.10 Å². The quantitative estimate of drug-likeness (QED) is 0.334. The van der Waals surface area contributed by atoms with E-state index in [9.17, 15) is 0 Å². The van der Waals surface area contributed by atoms with Crippen molar-refractivity contribution in [1.82, 2.24) is 10.2 Å². The van der Waals surface area contributed by atoms with Gasteiger partial charge in [0.25, 0.3) is 0 Å². The predicted molar refractivity (Wildman–Crippen MR) is 119 cm³/mol. The Morgan fingerprint density at radius 2 is 1.39 bits per heavy atom. The Kier molecular flexibility index (Phi) is 6.26. The minimum absolute atomic E-state index is 0.621. The number of aryl methyl sites for hydroxylation is 1. The van der Waals surface area contributed by atoms with Crippen LogP contribution in [0.4, 0.5) is 11.4 Å². The van der Waals surface area contributed by atoms with Crippen LogP contribution in [-0.4, -0.2) is 10.2 Å². The number of H-pyrrole nitrogens is 1. The van der Waals surface area contributed by atoms with Crippen LogP contribution in [0.25, 0.3) is 23.4 Å². The van der Waals surface area contributed by atoms with Gasteiger partial charge in [0, 0.05) is 0 Å². The zero-order valence-electron chi connectivity index (χ0n) is 15.8. The maximum Gasteiger partial charge on any atom is 0.0679 e. The highest BCUT2D eigenvalue weighted by Crippen LogP contribution is 2.19. The molecule has 5 N–H and O–H groups in total. The lowest BCUT2D eigenvalue weighted by Gasteiger charge is -2.00. The first-order valence-electron chi connectivity index (χ1n) is 9.07. The summed E-state index contributed by atoms with van der Waals surface area (Å²) < 4.78 is 0. The molecule has 0 radical (unpaired) electrons. The van der Waals surface area contributed by atoms with Gasteiger partial charge < -0.3 is 11.5 Å². The van der Waals surface area contributed by atoms with Crippen LogP contribution < -0.4 is 11.5 Å². The monoisotopic (exact) mass is 368 g/mol. The van der Waals surface area contributed by atoms with E-state index in [4.69, 9.17) is 11.5 Å². The van der Waals surface area contributed by atoms with Crippen molar-refractivity contribution >= 4 is 23.5 Å². The number of hydrogen-bond acceptors (Lipinski definition) is 3. The van der Waals surface area contributed by atoms with E-state index in [1.807, 2.05) is 79.9 Å². The minimum Gasteiger partial charge on any atom is -0.397 e. The molecule has 0 amide bonds. The molecule has 0 aliphatic carbocycles. The van der Waals surface area contributed by atoms with Gasteiger partial charge >= 0.3 is 0 Å². The predicted octanol–water partition coefficient (Wildman–Crippen LogP) is 5.41. The van der Waals surface area contributed by atoms with E-state index in [0.717, 1.165) is 16.8 Å². The Labute approximate surface area is 165 Å². The zero-order chi connectivity index (χ0) is 19.8. The van der Waals surface area contributed by atoms with Crippen molar-refractivity contribution in [3.63, 3.8) is 0 Å². The highest BCUT2D eigenvalue weighted by atomic mass is 15.1. The zero-order valence-corrected chi connectivity index (χ0v) is 15.8. The molecule has 4 nitrogen and oxygen atoms in total. The third kappa shape index (κ3) is 5.11. The van der Waals surface area contributed by atoms with E-state index < -0.39 is 0 Å². The first-order valence-corrected chi connectivity index (χ1v) is 9.07. The highest BCUT2D eigenvalue weighted by molar-refractivity contribution is 5.74. The summed E-state index contributed by atoms with van der Waals surface area (Å²) in [5.41, 5.74) is 18.3. The lowest BCUT2D eigenvalue weighted by atomic mass is 10.1. The normalized spacial score (nSPS) is 10.5. The number of anilines is 2. The molecule has 0 saturated heterocycles. The molecule has 140 valence electrons. The molecule has 1 heterocycles. The molecule has 0 saturated carbocycles. The van der Waals surface area contributed by atoms with Gasteiger partial charge in [-0.25, -0.2) is 0 Å². The van der Waals surface area contributed by atoms with Crippen LogP contribution in [0.3, 0.4) is 0 Å². The van der Waals surface area contributed by atoms with E-state index in [0.29, 0.717) is 11.4 Å². The van der Waals surface area contributed by atoms with E-state index in [1.54, 1.807) is 0 Å². The fourth-order valence-electron chi connectivity index (χ4n) is 2.70. The highest BCUT2D eigenvalue weighted by Gasteiger charge is 2.01. The molecule has 0 spiro atoms. The van der Waals surface area contributed by atoms with Crippen molar-refractivity contribution in [2.75, 3.05) is 11.5 Å². The maximum absolute atomic E-state index is 5.73. The number of rotatable bonds is 3. The maximum atomic E-state index is 5.73. The van der Waals surface area contributed by atoms with Crippen LogP contribution >= 0.6 is 0 Å². The van der Waals surface area contributed by atoms with Crippen LogP contribution in [0.1, 0.15) is 16.7 Å². The Balaban J connectivity index is 0.000000167. The van der Waals surface area contributed by atoms with Gasteiger partial charge in [-0.1, -0.05) is 78.9 Å². The van der Waals surface area contributed by atoms with Crippen molar-refractivity contribution in [3.05, 3.63) is 102 Å². The van der Waals surface area contributed by atoms with Crippen molar-refractivity contribution in [3.8, 4) is 11.3 Å². The van der Waals surface area contributed by atoms with Crippen molar-refractivity contribution in [2.24, 2.45) is 0 Å². The summed E-state index contributed by atoms with van der Waals surface area (Å²) in [6.07, 6.45) is 5.90. The molecule has 4 heteroatoms. The van der Waals surface area contributed by atoms with Gasteiger partial charge in [0.15, 0.2) is 0 Å². The summed E-state index contributed by atoms with van der Waals surface area (Å²) in [7, 11) is 0. The van der Waals surface area contributed by atoms with E-state index in [2.05, 4.69) is 34.5 Å². The third-order valence-electron chi connectivity index (χ3n) is 4.27. The average Bonchev–Trinajstić information content (AvgIpc) is 3.17. The number of aromatic nitrogens is 2. The molecule has 3 aromatic carbocycles. The molecule has 28 heavy (non-hydrogen) atoms. The van der Waals surface area contributed by atoms with Gasteiger partial charge in [-0.05, 0) is 41.3 Å². The van der Waals surface area contributed by atoms with Crippen LogP contribution in [-0.2, 0) is 0 Å². The second-order valence-corrected chi connectivity index (χ2v) is 6.43. The van der Waals surface area contributed by atoms with Crippen molar-refractivity contribution in [1.29, 1.82) is 0 Å². The molecule has 0 unspecified atom stereocenters. The number of nitrogens with two attached hydrogens (primary N) is 2. The SMILES string of the molecule is Cc1cn[nH]c1-c1ccccc1.Nc1ccc(C=Cc2ccccc2)cc1N. The van der Waals surface area contributed by atoms with Crippen molar-refractivity contribution in [2.45, 2.75) is 6.92 Å². The van der Waals surface area contributed by atoms with E-state index in [1.165, 1.54) is 11.1 Å². The number of nitrogens with one attached hydrogen (secondary N) is 1. The van der Waals surface area contributed by atoms with Gasteiger partial charge in [0.1, 0.15) is 0 Å². The van der Waals surface area contributed by atoms with Crippen LogP contribution in [0.2, 0.25) is 0 Å². The second-order valence-electron chi connectivity index (χ2n) is 6.43. The molecule has 0 fully saturated rings. The van der Waals surface area contributed by atoms with E-state index in [-0.39, 0.29) is 0 Å². The molecule has 0 bridgehead atoms. The summed E-state index contributed by atoms with van der Waals surface area (Å²) in [6, 6.07) is 26.0. The first-order chi connectivity index (χ1) is 13.6. The smallest absolute Gasteiger partial charge is 0.0679 e. The third-order valence-corrected chi connectivity index (χ3v) is 4.27. The average molecular weight is 368 g/mol. The Hall–Kier alpha value is -3.79. The Morgan fingerprint density at radius 1 is 0.750 bits per heavy atom. The molecule has 0 aliphatic rings. The molecule has 0 atom stereocenters. The fraction of sp³-hybridized carbons (Fsp3) is 0.0417. The molecule has 4 rings (SSSR count). The number of nitrogens with zero attached hydrogens (tertiary/aromatic N) is 1. The molecule has 4 aromatic rings. The molecule has 0 aliphatic heterocycles. The van der Waals surface area contributed by atoms with Crippen LogP contribution in [0.5, 0.6) is 0 Å². The van der Waals surface area contributed by atoms with Gasteiger partial charge in [-0.15, -0.1) is 0 Å². The van der Waals surface area contributed by atoms with Crippen molar-refractivity contribution < 1.29 is 0 Å². The Bertz CT molecular complexity index is 1030. The second kappa shape index (κ2) is 9.24. The fourth-order valence-corrected chi connectivity index (χ4v) is 2.70. The van der Waals surface area contributed by atoms with Crippen LogP contribution in [0, 0.1) is 6.92 Å². The summed E-state index contributed by atoms with van der Waals surface area (Å²) in [5, 5.41) is 6.94. The standard InChI is InChI=1S/C14H14N2.C10H10N2/c15-13-9-8-12(10-14(13)16)7-6-11-4-2-1-3-5-11;1-8-7-11-12-10(8)9-5-3-2-4-6-9/h1-10H,15-16H2;2-7H,1H3,(H,11,12). The minimum atomic E-state index is 0.621. The van der Waals surface area contributed by atoms with Gasteiger partial charge in [0.2, 0.25) is 0 Å². The summed E-state index contributed by atoms with van der Waals surface area (Å²) in [5.74, 6) is 0. The number of aromatic amines is 1. The van der Waals surface area contributed by atoms with Gasteiger partial charge in [-0.2, -0.15) is 5.10 Å². The first kappa shape index (κ1) is 19.0. The van der Waals surface area contributed by atoms with Crippen LogP contribution in [0.15, 0.2) is 85.1 Å². The lowest BCUT2D eigenvalue weighted by molar-refractivity contribution is 1.10. The largest absolute Gasteiger partial charge is 0.397 e. The van der Waals surface area contributed by atoms with E-state index >= 15 is 0 Å². The summed E-state index contributed by atoms with van der Waals surface area (Å²) >= 11 is 0. The molecular formula is C24H24N4. The number of nitrogen functional groups attached to an aromatic ring is 2. The summed E-state index contributed by atoms with van der Waals surface area (Å²) in [4.78, 5) is 0. The molecular weight excluding hydrogens is 344 g/mol. The lowest BCUT2D eigenvalue weighted by Crippen LogP contribution is -1.93.